The molecule has 0 aromatic carbocycles. The van der Waals surface area contributed by atoms with E-state index in [1.165, 1.54) is 0 Å². The van der Waals surface area contributed by atoms with Gasteiger partial charge in [0.15, 0.2) is 0 Å². The van der Waals surface area contributed by atoms with Gasteiger partial charge in [-0.15, -0.1) is 0 Å². The maximum absolute atomic E-state index is 13.2. The number of hydrogen-bond donors (Lipinski definition) is 1. The number of aliphatic hydroxyl groups is 1. The molecule has 0 spiro atoms. The van der Waals surface area contributed by atoms with Crippen molar-refractivity contribution in [2.75, 3.05) is 0 Å². The Morgan fingerprint density at radius 3 is 2.28 bits per heavy atom. The van der Waals surface area contributed by atoms with Gasteiger partial charge in [-0.1, -0.05) is 20.8 Å². The molecule has 18 heavy (non-hydrogen) atoms. The molecule has 2 rings (SSSR count). The van der Waals surface area contributed by atoms with Crippen molar-refractivity contribution in [2.24, 2.45) is 17.3 Å². The summed E-state index contributed by atoms with van der Waals surface area (Å²) < 4.78 is 26.4. The van der Waals surface area contributed by atoms with Crippen molar-refractivity contribution in [2.45, 2.75) is 77.2 Å². The van der Waals surface area contributed by atoms with Crippen LogP contribution in [0.2, 0.25) is 0 Å². The third-order valence-corrected chi connectivity index (χ3v) is 5.16. The van der Waals surface area contributed by atoms with Gasteiger partial charge in [-0.25, -0.2) is 8.78 Å². The summed E-state index contributed by atoms with van der Waals surface area (Å²) in [7, 11) is 0. The molecule has 0 aromatic rings. The standard InChI is InChI=1S/C15H26F2O/c1-11-8-13(2,3)6-7-14(11,18)9-12-4-5-15(16,17)10-12/h11-12,18H,4-10H2,1-3H3. The summed E-state index contributed by atoms with van der Waals surface area (Å²) in [4.78, 5) is 0. The maximum Gasteiger partial charge on any atom is 0.248 e. The molecule has 0 radical (unpaired) electrons. The summed E-state index contributed by atoms with van der Waals surface area (Å²) in [6.07, 6.45) is 3.89. The fraction of sp³-hybridized carbons (Fsp3) is 1.00. The van der Waals surface area contributed by atoms with E-state index in [4.69, 9.17) is 0 Å². The highest BCUT2D eigenvalue weighted by molar-refractivity contribution is 4.96. The number of alkyl halides is 2. The summed E-state index contributed by atoms with van der Waals surface area (Å²) in [6, 6.07) is 0. The van der Waals surface area contributed by atoms with E-state index in [0.717, 1.165) is 19.3 Å². The van der Waals surface area contributed by atoms with Crippen LogP contribution in [-0.2, 0) is 0 Å². The molecule has 0 amide bonds. The molecule has 3 atom stereocenters. The SMILES string of the molecule is CC1CC(C)(C)CCC1(O)CC1CCC(F)(F)C1. The lowest BCUT2D eigenvalue weighted by Gasteiger charge is -2.46. The number of halogens is 2. The normalized spacial score (nSPS) is 43.0. The number of rotatable bonds is 2. The highest BCUT2D eigenvalue weighted by Crippen LogP contribution is 2.49. The molecule has 2 fully saturated rings. The molecule has 1 N–H and O–H groups in total. The van der Waals surface area contributed by atoms with Gasteiger partial charge < -0.3 is 5.11 Å². The predicted octanol–water partition coefficient (Wildman–Crippen LogP) is 4.39. The van der Waals surface area contributed by atoms with Crippen LogP contribution in [0.4, 0.5) is 8.78 Å². The van der Waals surface area contributed by atoms with Crippen LogP contribution in [0, 0.1) is 17.3 Å². The van der Waals surface area contributed by atoms with Gasteiger partial charge in [-0.2, -0.15) is 0 Å². The fourth-order valence-electron chi connectivity index (χ4n) is 3.94. The summed E-state index contributed by atoms with van der Waals surface area (Å²) in [5, 5.41) is 10.8. The van der Waals surface area contributed by atoms with Gasteiger partial charge in [0.1, 0.15) is 0 Å². The summed E-state index contributed by atoms with van der Waals surface area (Å²) in [5.41, 5.74) is -0.425. The molecule has 1 nitrogen and oxygen atoms in total. The Morgan fingerprint density at radius 2 is 1.78 bits per heavy atom. The van der Waals surface area contributed by atoms with Gasteiger partial charge in [0.25, 0.3) is 0 Å². The molecule has 0 heterocycles. The smallest absolute Gasteiger partial charge is 0.248 e. The van der Waals surface area contributed by atoms with Crippen LogP contribution in [0.25, 0.3) is 0 Å². The first-order chi connectivity index (χ1) is 8.12. The molecule has 2 aliphatic rings. The third-order valence-electron chi connectivity index (χ3n) is 5.16. The lowest BCUT2D eigenvalue weighted by atomic mass is 9.63. The Labute approximate surface area is 109 Å². The average Bonchev–Trinajstić information content (AvgIpc) is 2.53. The molecule has 2 aliphatic carbocycles. The first-order valence-corrected chi connectivity index (χ1v) is 7.22. The van der Waals surface area contributed by atoms with E-state index in [0.29, 0.717) is 12.8 Å². The van der Waals surface area contributed by atoms with Crippen molar-refractivity contribution in [3.05, 3.63) is 0 Å². The highest BCUT2D eigenvalue weighted by Gasteiger charge is 2.47. The largest absolute Gasteiger partial charge is 0.390 e. The Balaban J connectivity index is 1.96. The van der Waals surface area contributed by atoms with Crippen LogP contribution in [-0.4, -0.2) is 16.6 Å². The van der Waals surface area contributed by atoms with Gasteiger partial charge in [0.05, 0.1) is 5.60 Å². The Kier molecular flexibility index (Phi) is 3.50. The van der Waals surface area contributed by atoms with E-state index in [2.05, 4.69) is 20.8 Å². The summed E-state index contributed by atoms with van der Waals surface area (Å²) >= 11 is 0. The minimum Gasteiger partial charge on any atom is -0.390 e. The molecule has 3 unspecified atom stereocenters. The van der Waals surface area contributed by atoms with Crippen LogP contribution in [0.3, 0.4) is 0 Å². The first-order valence-electron chi connectivity index (χ1n) is 7.22. The van der Waals surface area contributed by atoms with E-state index in [1.807, 2.05) is 0 Å². The molecular weight excluding hydrogens is 234 g/mol. The van der Waals surface area contributed by atoms with Gasteiger partial charge in [0, 0.05) is 12.8 Å². The highest BCUT2D eigenvalue weighted by atomic mass is 19.3. The second-order valence-electron chi connectivity index (χ2n) is 7.54. The summed E-state index contributed by atoms with van der Waals surface area (Å²) in [6.45, 7) is 6.54. The van der Waals surface area contributed by atoms with E-state index >= 15 is 0 Å². The molecule has 0 saturated heterocycles. The summed E-state index contributed by atoms with van der Waals surface area (Å²) in [5.74, 6) is -2.26. The lowest BCUT2D eigenvalue weighted by Crippen LogP contribution is -2.45. The maximum atomic E-state index is 13.2. The van der Waals surface area contributed by atoms with Crippen LogP contribution in [0.5, 0.6) is 0 Å². The van der Waals surface area contributed by atoms with Crippen LogP contribution in [0.15, 0.2) is 0 Å². The monoisotopic (exact) mass is 260 g/mol. The Bertz CT molecular complexity index is 314. The molecule has 2 saturated carbocycles. The Hall–Kier alpha value is -0.180. The zero-order valence-corrected chi connectivity index (χ0v) is 11.8. The second-order valence-corrected chi connectivity index (χ2v) is 7.54. The quantitative estimate of drug-likeness (QED) is 0.780. The first kappa shape index (κ1) is 14.2. The van der Waals surface area contributed by atoms with Crippen molar-refractivity contribution < 1.29 is 13.9 Å². The van der Waals surface area contributed by atoms with Crippen LogP contribution >= 0.6 is 0 Å². The number of hydrogen-bond acceptors (Lipinski definition) is 1. The fourth-order valence-corrected chi connectivity index (χ4v) is 3.94. The minimum absolute atomic E-state index is 0.00756. The third kappa shape index (κ3) is 3.04. The molecule has 106 valence electrons. The predicted molar refractivity (Wildman–Crippen MR) is 68.7 cm³/mol. The second kappa shape index (κ2) is 4.43. The van der Waals surface area contributed by atoms with Crippen molar-refractivity contribution >= 4 is 0 Å². The molecule has 3 heteroatoms. The topological polar surface area (TPSA) is 20.2 Å². The molecule has 0 aliphatic heterocycles. The van der Waals surface area contributed by atoms with E-state index in [9.17, 15) is 13.9 Å². The zero-order chi connectivity index (χ0) is 13.6. The Morgan fingerprint density at radius 1 is 1.11 bits per heavy atom. The lowest BCUT2D eigenvalue weighted by molar-refractivity contribution is -0.0886. The average molecular weight is 260 g/mol. The molecule has 0 bridgehead atoms. The van der Waals surface area contributed by atoms with E-state index < -0.39 is 11.5 Å². The van der Waals surface area contributed by atoms with Crippen LogP contribution in [0.1, 0.15) is 65.7 Å². The van der Waals surface area contributed by atoms with Crippen LogP contribution < -0.4 is 0 Å². The van der Waals surface area contributed by atoms with Gasteiger partial charge in [-0.3, -0.25) is 0 Å². The van der Waals surface area contributed by atoms with E-state index in [1.54, 1.807) is 0 Å². The van der Waals surface area contributed by atoms with Gasteiger partial charge in [0.2, 0.25) is 5.92 Å². The molecular formula is C15H26F2O. The van der Waals surface area contributed by atoms with Gasteiger partial charge in [-0.05, 0) is 49.4 Å². The van der Waals surface area contributed by atoms with Crippen molar-refractivity contribution in [3.8, 4) is 0 Å². The minimum atomic E-state index is -2.49. The van der Waals surface area contributed by atoms with Gasteiger partial charge >= 0.3 is 0 Å². The zero-order valence-electron chi connectivity index (χ0n) is 11.8. The van der Waals surface area contributed by atoms with Crippen molar-refractivity contribution in [1.82, 2.24) is 0 Å². The van der Waals surface area contributed by atoms with Crippen molar-refractivity contribution in [3.63, 3.8) is 0 Å². The van der Waals surface area contributed by atoms with E-state index in [-0.39, 0.29) is 30.1 Å². The molecule has 0 aromatic heterocycles. The van der Waals surface area contributed by atoms with Crippen molar-refractivity contribution in [1.29, 1.82) is 0 Å².